The maximum absolute atomic E-state index is 15.1. The summed E-state index contributed by atoms with van der Waals surface area (Å²) < 4.78 is 28.3. The van der Waals surface area contributed by atoms with Gasteiger partial charge in [0.2, 0.25) is 0 Å². The standard InChI is InChI=1S/C28H22F2N8O/c1-15(17-4-6-21(29)7-5-17)36-28(39)23-8-16(11-31)12-33-26(23)34-13-19-3-2-18(10-24(19)30)20-9-22-25(32)37-38-27(22)35-14-20/h2-10,12,14-15H,13H2,1H3,(H,33,34)(H,36,39)(H3,32,35,37,38)/t15-/m0/s1. The molecule has 3 heterocycles. The molecule has 0 radical (unpaired) electrons. The minimum atomic E-state index is -0.490. The van der Waals surface area contributed by atoms with Crippen LogP contribution in [0.1, 0.15) is 40.0 Å². The second-order valence-electron chi connectivity index (χ2n) is 8.87. The molecule has 0 fully saturated rings. The normalized spacial score (nSPS) is 11.6. The first kappa shape index (κ1) is 25.3. The molecule has 0 saturated heterocycles. The predicted molar refractivity (Wildman–Crippen MR) is 142 cm³/mol. The topological polar surface area (TPSA) is 145 Å². The van der Waals surface area contributed by atoms with Crippen molar-refractivity contribution in [2.75, 3.05) is 11.1 Å². The van der Waals surface area contributed by atoms with Crippen LogP contribution in [-0.2, 0) is 6.54 Å². The van der Waals surface area contributed by atoms with Gasteiger partial charge in [-0.25, -0.2) is 18.7 Å². The van der Waals surface area contributed by atoms with E-state index in [4.69, 9.17) is 5.73 Å². The van der Waals surface area contributed by atoms with Gasteiger partial charge < -0.3 is 16.4 Å². The van der Waals surface area contributed by atoms with Crippen LogP contribution in [0.25, 0.3) is 22.2 Å². The van der Waals surface area contributed by atoms with Crippen molar-refractivity contribution in [2.24, 2.45) is 0 Å². The highest BCUT2D eigenvalue weighted by molar-refractivity contribution is 5.99. The van der Waals surface area contributed by atoms with Gasteiger partial charge >= 0.3 is 0 Å². The van der Waals surface area contributed by atoms with Crippen molar-refractivity contribution in [1.82, 2.24) is 25.5 Å². The molecular weight excluding hydrogens is 502 g/mol. The first-order valence-electron chi connectivity index (χ1n) is 11.9. The van der Waals surface area contributed by atoms with Gasteiger partial charge in [-0.1, -0.05) is 24.3 Å². The summed E-state index contributed by atoms with van der Waals surface area (Å²) in [5.74, 6) is -0.842. The third kappa shape index (κ3) is 5.35. The summed E-state index contributed by atoms with van der Waals surface area (Å²) in [4.78, 5) is 21.6. The van der Waals surface area contributed by atoms with Crippen LogP contribution in [0, 0.1) is 23.0 Å². The Morgan fingerprint density at radius 3 is 2.62 bits per heavy atom. The van der Waals surface area contributed by atoms with Crippen LogP contribution in [0.15, 0.2) is 67.0 Å². The van der Waals surface area contributed by atoms with Gasteiger partial charge in [0.1, 0.15) is 23.5 Å². The number of amides is 1. The Hall–Kier alpha value is -5.37. The minimum absolute atomic E-state index is 0.0325. The van der Waals surface area contributed by atoms with Crippen LogP contribution in [0.2, 0.25) is 0 Å². The summed E-state index contributed by atoms with van der Waals surface area (Å²) in [5, 5.41) is 22.4. The van der Waals surface area contributed by atoms with Gasteiger partial charge in [0.15, 0.2) is 11.5 Å². The van der Waals surface area contributed by atoms with Crippen LogP contribution in [0.3, 0.4) is 0 Å². The summed E-state index contributed by atoms with van der Waals surface area (Å²) in [5.41, 5.74) is 9.04. The van der Waals surface area contributed by atoms with Crippen molar-refractivity contribution < 1.29 is 13.6 Å². The maximum Gasteiger partial charge on any atom is 0.255 e. The highest BCUT2D eigenvalue weighted by atomic mass is 19.1. The Balaban J connectivity index is 1.34. The second-order valence-corrected chi connectivity index (χ2v) is 8.87. The van der Waals surface area contributed by atoms with Crippen LogP contribution in [0.5, 0.6) is 0 Å². The van der Waals surface area contributed by atoms with E-state index in [9.17, 15) is 14.4 Å². The van der Waals surface area contributed by atoms with Crippen molar-refractivity contribution in [3.8, 4) is 17.2 Å². The lowest BCUT2D eigenvalue weighted by atomic mass is 10.0. The third-order valence-corrected chi connectivity index (χ3v) is 6.26. The van der Waals surface area contributed by atoms with Crippen molar-refractivity contribution in [2.45, 2.75) is 19.5 Å². The zero-order chi connectivity index (χ0) is 27.5. The summed E-state index contributed by atoms with van der Waals surface area (Å²) >= 11 is 0. The molecular formula is C28H22F2N8O. The monoisotopic (exact) mass is 524 g/mol. The number of fused-ring (bicyclic) bond motifs is 1. The number of rotatable bonds is 7. The number of halogens is 2. The lowest BCUT2D eigenvalue weighted by molar-refractivity contribution is 0.0940. The van der Waals surface area contributed by atoms with Gasteiger partial charge in [-0.05, 0) is 48.4 Å². The molecule has 0 aliphatic carbocycles. The molecule has 2 aromatic carbocycles. The molecule has 3 aromatic heterocycles. The van der Waals surface area contributed by atoms with Crippen molar-refractivity contribution in [3.05, 3.63) is 101 Å². The Morgan fingerprint density at radius 2 is 1.87 bits per heavy atom. The number of hydrogen-bond acceptors (Lipinski definition) is 7. The zero-order valence-electron chi connectivity index (χ0n) is 20.7. The Labute approximate surface area is 221 Å². The molecule has 5 rings (SSSR count). The van der Waals surface area contributed by atoms with Gasteiger partial charge in [0.25, 0.3) is 5.91 Å². The highest BCUT2D eigenvalue weighted by Crippen LogP contribution is 2.27. The van der Waals surface area contributed by atoms with Gasteiger partial charge in [0, 0.05) is 30.1 Å². The Morgan fingerprint density at radius 1 is 1.08 bits per heavy atom. The van der Waals surface area contributed by atoms with E-state index in [1.165, 1.54) is 30.5 Å². The number of pyridine rings is 2. The number of carbonyl (C=O) groups excluding carboxylic acids is 1. The number of carbonyl (C=O) groups is 1. The first-order valence-corrected chi connectivity index (χ1v) is 11.9. The molecule has 11 heteroatoms. The van der Waals surface area contributed by atoms with Gasteiger partial charge in [-0.2, -0.15) is 10.4 Å². The SMILES string of the molecule is C[C@H](NC(=O)c1cc(C#N)cnc1NCc1ccc(-c2cnc3[nH]nc(N)c3c2)cc1F)c1ccc(F)cc1. The number of aromatic amines is 1. The summed E-state index contributed by atoms with van der Waals surface area (Å²) in [6, 6.07) is 15.3. The molecule has 1 amide bonds. The fourth-order valence-electron chi connectivity index (χ4n) is 4.08. The molecule has 0 aliphatic heterocycles. The average molecular weight is 525 g/mol. The molecule has 0 saturated carbocycles. The van der Waals surface area contributed by atoms with E-state index >= 15 is 4.39 Å². The third-order valence-electron chi connectivity index (χ3n) is 6.26. The van der Waals surface area contributed by atoms with Crippen LogP contribution in [0.4, 0.5) is 20.4 Å². The van der Waals surface area contributed by atoms with Crippen LogP contribution in [-0.4, -0.2) is 26.1 Å². The molecule has 0 spiro atoms. The van der Waals surface area contributed by atoms with E-state index in [0.29, 0.717) is 39.1 Å². The second kappa shape index (κ2) is 10.5. The van der Waals surface area contributed by atoms with E-state index < -0.39 is 17.8 Å². The molecule has 194 valence electrons. The number of H-pyrrole nitrogens is 1. The lowest BCUT2D eigenvalue weighted by Crippen LogP contribution is -2.28. The Bertz CT molecular complexity index is 1730. The number of nitrogens with two attached hydrogens (primary N) is 1. The molecule has 0 aliphatic rings. The van der Waals surface area contributed by atoms with E-state index in [1.807, 2.05) is 6.07 Å². The number of hydrogen-bond donors (Lipinski definition) is 4. The number of nitriles is 1. The van der Waals surface area contributed by atoms with E-state index in [-0.39, 0.29) is 29.3 Å². The van der Waals surface area contributed by atoms with Crippen molar-refractivity contribution >= 4 is 28.6 Å². The summed E-state index contributed by atoms with van der Waals surface area (Å²) in [7, 11) is 0. The Kier molecular flexibility index (Phi) is 6.84. The fourth-order valence-corrected chi connectivity index (χ4v) is 4.08. The maximum atomic E-state index is 15.1. The number of nitrogens with zero attached hydrogens (tertiary/aromatic N) is 4. The number of aromatic nitrogens is 4. The molecule has 0 unspecified atom stereocenters. The predicted octanol–water partition coefficient (Wildman–Crippen LogP) is 4.86. The smallest absolute Gasteiger partial charge is 0.255 e. The molecule has 1 atom stereocenters. The van der Waals surface area contributed by atoms with Gasteiger partial charge in [-0.15, -0.1) is 0 Å². The zero-order valence-corrected chi connectivity index (χ0v) is 20.7. The fraction of sp³-hybridized carbons (Fsp3) is 0.107. The van der Waals surface area contributed by atoms with Crippen LogP contribution >= 0.6 is 0 Å². The van der Waals surface area contributed by atoms with Crippen LogP contribution < -0.4 is 16.4 Å². The summed E-state index contributed by atoms with van der Waals surface area (Å²) in [6.45, 7) is 1.79. The molecule has 0 bridgehead atoms. The first-order chi connectivity index (χ1) is 18.8. The van der Waals surface area contributed by atoms with Gasteiger partial charge in [-0.3, -0.25) is 9.89 Å². The van der Waals surface area contributed by atoms with E-state index in [2.05, 4.69) is 30.8 Å². The minimum Gasteiger partial charge on any atom is -0.382 e. The van der Waals surface area contributed by atoms with Gasteiger partial charge in [0.05, 0.1) is 22.6 Å². The quantitative estimate of drug-likeness (QED) is 0.238. The van der Waals surface area contributed by atoms with E-state index in [1.54, 1.807) is 43.5 Å². The number of nitrogen functional groups attached to an aromatic ring is 1. The highest BCUT2D eigenvalue weighted by Gasteiger charge is 2.18. The van der Waals surface area contributed by atoms with Crippen molar-refractivity contribution in [1.29, 1.82) is 5.26 Å². The lowest BCUT2D eigenvalue weighted by Gasteiger charge is -2.17. The summed E-state index contributed by atoms with van der Waals surface area (Å²) in [6.07, 6.45) is 2.93. The molecule has 9 nitrogen and oxygen atoms in total. The van der Waals surface area contributed by atoms with Crippen molar-refractivity contribution in [3.63, 3.8) is 0 Å². The average Bonchev–Trinajstić information content (AvgIpc) is 3.32. The number of nitrogens with one attached hydrogen (secondary N) is 3. The molecule has 5 N–H and O–H groups in total. The largest absolute Gasteiger partial charge is 0.382 e. The number of benzene rings is 2. The van der Waals surface area contributed by atoms with E-state index in [0.717, 1.165) is 0 Å². The molecule has 5 aromatic rings. The number of anilines is 2. The molecule has 39 heavy (non-hydrogen) atoms.